The first-order valence-electron chi connectivity index (χ1n) is 11.9. The molecule has 0 bridgehead atoms. The average molecular weight is 494 g/mol. The number of nitrogens with zero attached hydrogens (tertiary/aromatic N) is 1. The van der Waals surface area contributed by atoms with Crippen molar-refractivity contribution < 1.29 is 23.9 Å². The molecule has 8 nitrogen and oxygen atoms in total. The number of methoxy groups -OCH3 is 1. The molecular formula is C28H35N3O5. The Balaban J connectivity index is 2.03. The second-order valence-corrected chi connectivity index (χ2v) is 9.67. The fourth-order valence-electron chi connectivity index (χ4n) is 3.66. The summed E-state index contributed by atoms with van der Waals surface area (Å²) in [5, 5.41) is 15.0. The zero-order chi connectivity index (χ0) is 26.7. The zero-order valence-corrected chi connectivity index (χ0v) is 21.6. The minimum atomic E-state index is -0.908. The van der Waals surface area contributed by atoms with Crippen molar-refractivity contribution >= 4 is 18.0 Å². The van der Waals surface area contributed by atoms with E-state index < -0.39 is 35.7 Å². The van der Waals surface area contributed by atoms with Crippen LogP contribution in [0, 0.1) is 18.3 Å². The maximum Gasteiger partial charge on any atom is 0.408 e. The van der Waals surface area contributed by atoms with E-state index >= 15 is 0 Å². The molecular weight excluding hydrogens is 458 g/mol. The molecule has 0 unspecified atom stereocenters. The molecule has 2 aromatic carbocycles. The number of esters is 1. The Hall–Kier alpha value is -3.86. The predicted molar refractivity (Wildman–Crippen MR) is 136 cm³/mol. The highest BCUT2D eigenvalue weighted by atomic mass is 16.6. The van der Waals surface area contributed by atoms with Gasteiger partial charge in [0.25, 0.3) is 0 Å². The molecule has 0 aromatic heterocycles. The van der Waals surface area contributed by atoms with Gasteiger partial charge in [-0.3, -0.25) is 4.79 Å². The topological polar surface area (TPSA) is 118 Å². The van der Waals surface area contributed by atoms with Crippen molar-refractivity contribution in [2.24, 2.45) is 0 Å². The number of carbonyl (C=O) groups is 3. The van der Waals surface area contributed by atoms with Crippen LogP contribution >= 0.6 is 0 Å². The maximum absolute atomic E-state index is 13.1. The number of aryl methyl sites for hydroxylation is 2. The van der Waals surface area contributed by atoms with E-state index in [2.05, 4.69) is 16.7 Å². The fraction of sp³-hybridized carbons (Fsp3) is 0.429. The molecule has 0 fully saturated rings. The van der Waals surface area contributed by atoms with E-state index in [1.165, 1.54) is 7.11 Å². The normalized spacial score (nSPS) is 12.6. The molecule has 192 valence electrons. The van der Waals surface area contributed by atoms with E-state index in [1.807, 2.05) is 37.3 Å². The van der Waals surface area contributed by atoms with Gasteiger partial charge in [0.2, 0.25) is 5.91 Å². The predicted octanol–water partition coefficient (Wildman–Crippen LogP) is 4.25. The number of alkyl carbamates (subject to hydrolysis) is 1. The third-order valence-corrected chi connectivity index (χ3v) is 5.31. The summed E-state index contributed by atoms with van der Waals surface area (Å²) >= 11 is 0. The molecule has 0 radical (unpaired) electrons. The van der Waals surface area contributed by atoms with Gasteiger partial charge in [0, 0.05) is 6.42 Å². The van der Waals surface area contributed by atoms with Crippen LogP contribution in [-0.4, -0.2) is 42.8 Å². The third kappa shape index (κ3) is 9.79. The smallest absolute Gasteiger partial charge is 0.408 e. The number of carbonyl (C=O) groups excluding carboxylic acids is 3. The molecule has 0 aliphatic heterocycles. The summed E-state index contributed by atoms with van der Waals surface area (Å²) in [5.74, 6) is -0.863. The van der Waals surface area contributed by atoms with Crippen molar-refractivity contribution in [2.75, 3.05) is 7.11 Å². The molecule has 0 aliphatic carbocycles. The zero-order valence-electron chi connectivity index (χ0n) is 21.6. The molecule has 2 rings (SSSR count). The minimum absolute atomic E-state index is 0.255. The lowest BCUT2D eigenvalue weighted by molar-refractivity contribution is -0.123. The molecule has 0 heterocycles. The third-order valence-electron chi connectivity index (χ3n) is 5.31. The van der Waals surface area contributed by atoms with E-state index in [4.69, 9.17) is 9.47 Å². The van der Waals surface area contributed by atoms with Gasteiger partial charge in [-0.1, -0.05) is 42.0 Å². The molecule has 2 aromatic rings. The van der Waals surface area contributed by atoms with Crippen LogP contribution in [0.4, 0.5) is 4.79 Å². The number of amides is 2. The molecule has 0 spiro atoms. The number of hydrogen-bond donors (Lipinski definition) is 2. The van der Waals surface area contributed by atoms with Crippen molar-refractivity contribution in [3.8, 4) is 6.07 Å². The number of benzene rings is 2. The Bertz CT molecular complexity index is 1100. The molecule has 0 saturated heterocycles. The van der Waals surface area contributed by atoms with E-state index in [0.29, 0.717) is 24.8 Å². The van der Waals surface area contributed by atoms with Gasteiger partial charge in [-0.15, -0.1) is 0 Å². The highest BCUT2D eigenvalue weighted by molar-refractivity contribution is 5.89. The van der Waals surface area contributed by atoms with Crippen LogP contribution in [0.5, 0.6) is 0 Å². The van der Waals surface area contributed by atoms with E-state index in [0.717, 1.165) is 16.7 Å². The summed E-state index contributed by atoms with van der Waals surface area (Å²) in [6.45, 7) is 7.19. The second-order valence-electron chi connectivity index (χ2n) is 9.67. The lowest BCUT2D eigenvalue weighted by Gasteiger charge is -2.24. The minimum Gasteiger partial charge on any atom is -0.465 e. The fourth-order valence-corrected chi connectivity index (χ4v) is 3.66. The van der Waals surface area contributed by atoms with Crippen LogP contribution in [0.25, 0.3) is 0 Å². The van der Waals surface area contributed by atoms with Gasteiger partial charge < -0.3 is 20.1 Å². The molecule has 2 atom stereocenters. The van der Waals surface area contributed by atoms with Gasteiger partial charge in [-0.25, -0.2) is 9.59 Å². The molecule has 8 heteroatoms. The number of nitriles is 1. The van der Waals surface area contributed by atoms with Crippen molar-refractivity contribution in [2.45, 2.75) is 71.1 Å². The SMILES string of the molecule is COC(=O)c1cccc(CCC[C@@H](C#N)NC(=O)[C@H](Cc2cccc(C)c2)NC(=O)OC(C)(C)C)c1. The monoisotopic (exact) mass is 493 g/mol. The van der Waals surface area contributed by atoms with Crippen LogP contribution in [-0.2, 0) is 27.1 Å². The lowest BCUT2D eigenvalue weighted by atomic mass is 10.0. The Kier molecular flexibility index (Phi) is 10.5. The number of ether oxygens (including phenoxy) is 2. The molecule has 2 amide bonds. The molecule has 0 aliphatic rings. The first-order valence-corrected chi connectivity index (χ1v) is 11.9. The van der Waals surface area contributed by atoms with Crippen LogP contribution < -0.4 is 10.6 Å². The molecule has 36 heavy (non-hydrogen) atoms. The number of rotatable bonds is 10. The van der Waals surface area contributed by atoms with E-state index in [-0.39, 0.29) is 6.42 Å². The number of nitrogens with one attached hydrogen (secondary N) is 2. The summed E-state index contributed by atoms with van der Waals surface area (Å²) in [6.07, 6.45) is 1.21. The number of hydrogen-bond acceptors (Lipinski definition) is 6. The summed E-state index contributed by atoms with van der Waals surface area (Å²) in [4.78, 5) is 37.2. The lowest BCUT2D eigenvalue weighted by Crippen LogP contribution is -2.51. The van der Waals surface area contributed by atoms with E-state index in [9.17, 15) is 19.6 Å². The van der Waals surface area contributed by atoms with Crippen LogP contribution in [0.15, 0.2) is 48.5 Å². The van der Waals surface area contributed by atoms with Crippen LogP contribution in [0.2, 0.25) is 0 Å². The summed E-state index contributed by atoms with van der Waals surface area (Å²) in [6, 6.07) is 15.3. The van der Waals surface area contributed by atoms with Crippen LogP contribution in [0.1, 0.15) is 60.7 Å². The van der Waals surface area contributed by atoms with Gasteiger partial charge in [0.15, 0.2) is 0 Å². The Morgan fingerprint density at radius 1 is 1.03 bits per heavy atom. The van der Waals surface area contributed by atoms with Gasteiger partial charge in [-0.2, -0.15) is 5.26 Å². The summed E-state index contributed by atoms with van der Waals surface area (Å²) in [7, 11) is 1.33. The Labute approximate surface area is 213 Å². The standard InChI is InChI=1S/C28H35N3O5/c1-19-9-6-12-21(15-19)17-24(31-27(34)36-28(2,3)4)25(32)30-23(18-29)14-8-11-20-10-7-13-22(16-20)26(33)35-5/h6-7,9-10,12-13,15-16,23-24H,8,11,14,17H2,1-5H3,(H,30,32)(H,31,34)/t23-,24-/m0/s1. The van der Waals surface area contributed by atoms with Crippen molar-refractivity contribution in [3.63, 3.8) is 0 Å². The van der Waals surface area contributed by atoms with Gasteiger partial charge in [0.1, 0.15) is 17.7 Å². The van der Waals surface area contributed by atoms with Gasteiger partial charge in [-0.05, 0) is 70.2 Å². The summed E-state index contributed by atoms with van der Waals surface area (Å²) < 4.78 is 10.1. The van der Waals surface area contributed by atoms with E-state index in [1.54, 1.807) is 39.0 Å². The first kappa shape index (κ1) is 28.4. The highest BCUT2D eigenvalue weighted by Crippen LogP contribution is 2.13. The maximum atomic E-state index is 13.1. The average Bonchev–Trinajstić information content (AvgIpc) is 2.81. The second kappa shape index (κ2) is 13.3. The molecule has 0 saturated carbocycles. The van der Waals surface area contributed by atoms with Gasteiger partial charge in [0.05, 0.1) is 18.7 Å². The quantitative estimate of drug-likeness (QED) is 0.478. The largest absolute Gasteiger partial charge is 0.465 e. The molecule has 2 N–H and O–H groups in total. The summed E-state index contributed by atoms with van der Waals surface area (Å²) in [5.41, 5.74) is 2.60. The Morgan fingerprint density at radius 3 is 2.36 bits per heavy atom. The highest BCUT2D eigenvalue weighted by Gasteiger charge is 2.26. The van der Waals surface area contributed by atoms with Crippen molar-refractivity contribution in [1.82, 2.24) is 10.6 Å². The van der Waals surface area contributed by atoms with Gasteiger partial charge >= 0.3 is 12.1 Å². The van der Waals surface area contributed by atoms with Crippen LogP contribution in [0.3, 0.4) is 0 Å². The Morgan fingerprint density at radius 2 is 1.72 bits per heavy atom. The van der Waals surface area contributed by atoms with Crippen molar-refractivity contribution in [1.29, 1.82) is 5.26 Å². The van der Waals surface area contributed by atoms with Crippen molar-refractivity contribution in [3.05, 3.63) is 70.8 Å². The first-order chi connectivity index (χ1) is 17.0.